The number of carbonyl (C=O) groups excluding carboxylic acids is 1. The van der Waals surface area contributed by atoms with Gasteiger partial charge in [-0.2, -0.15) is 0 Å². The van der Waals surface area contributed by atoms with Gasteiger partial charge in [0, 0.05) is 25.6 Å². The number of hydrogen-bond acceptors (Lipinski definition) is 6. The Hall–Kier alpha value is -1.87. The number of rotatable bonds is 3. The number of ether oxygens (including phenoxy) is 1. The number of aromatic nitrogens is 2. The smallest absolute Gasteiger partial charge is 0.372 e. The molecule has 4 heterocycles. The molecule has 2 fully saturated rings. The summed E-state index contributed by atoms with van der Waals surface area (Å²) in [5, 5.41) is 9.06. The molecule has 3 atom stereocenters. The van der Waals surface area contributed by atoms with E-state index in [0.717, 1.165) is 38.7 Å². The van der Waals surface area contributed by atoms with Crippen molar-refractivity contribution in [3.63, 3.8) is 0 Å². The fourth-order valence-electron chi connectivity index (χ4n) is 4.02. The Bertz CT molecular complexity index is 789. The van der Waals surface area contributed by atoms with Crippen molar-refractivity contribution >= 4 is 23.6 Å². The van der Waals surface area contributed by atoms with E-state index in [1.54, 1.807) is 0 Å². The maximum Gasteiger partial charge on any atom is 0.372 e. The molecular weight excluding hydrogens is 358 g/mol. The zero-order valence-corrected chi connectivity index (χ0v) is 15.1. The molecule has 0 saturated carbocycles. The maximum atomic E-state index is 13.1. The molecule has 3 aliphatic rings. The molecule has 0 aromatic carbocycles. The number of aromatic amines is 1. The minimum absolute atomic E-state index is 0.000878. The molecule has 1 aromatic heterocycles. The fraction of sp³-hybridized carbons (Fsp3) is 0.647. The molecule has 2 N–H and O–H groups in total. The van der Waals surface area contributed by atoms with Crippen molar-refractivity contribution in [3.8, 4) is 0 Å². The van der Waals surface area contributed by atoms with Crippen molar-refractivity contribution in [1.82, 2.24) is 14.9 Å². The quantitative estimate of drug-likeness (QED) is 0.759. The van der Waals surface area contributed by atoms with Gasteiger partial charge < -0.3 is 19.7 Å². The minimum atomic E-state index is -1.28. The van der Waals surface area contributed by atoms with Gasteiger partial charge in [0.1, 0.15) is 5.03 Å². The second kappa shape index (κ2) is 7.03. The zero-order valence-electron chi connectivity index (χ0n) is 14.3. The monoisotopic (exact) mass is 379 g/mol. The largest absolute Gasteiger partial charge is 0.475 e. The number of fused-ring (bicyclic) bond motifs is 3. The van der Waals surface area contributed by atoms with Crippen molar-refractivity contribution in [2.45, 2.75) is 54.4 Å². The highest BCUT2D eigenvalue weighted by Crippen LogP contribution is 2.46. The van der Waals surface area contributed by atoms with Crippen molar-refractivity contribution in [2.24, 2.45) is 0 Å². The van der Waals surface area contributed by atoms with Gasteiger partial charge in [0.15, 0.2) is 0 Å². The lowest BCUT2D eigenvalue weighted by Crippen LogP contribution is -2.43. The molecule has 4 rings (SSSR count). The van der Waals surface area contributed by atoms with Gasteiger partial charge in [0.2, 0.25) is 11.7 Å². The van der Waals surface area contributed by atoms with E-state index in [4.69, 9.17) is 9.84 Å². The topological polar surface area (TPSA) is 113 Å². The number of thioether (sulfide) groups is 1. The molecule has 3 unspecified atom stereocenters. The van der Waals surface area contributed by atoms with E-state index in [2.05, 4.69) is 9.97 Å². The van der Waals surface area contributed by atoms with Gasteiger partial charge in [-0.05, 0) is 32.1 Å². The van der Waals surface area contributed by atoms with Crippen molar-refractivity contribution in [1.29, 1.82) is 0 Å². The summed E-state index contributed by atoms with van der Waals surface area (Å²) < 4.78 is 5.77. The number of nitrogens with zero attached hydrogens (tertiary/aromatic N) is 2. The first kappa shape index (κ1) is 17.5. The lowest BCUT2D eigenvalue weighted by atomic mass is 9.93. The van der Waals surface area contributed by atoms with Crippen LogP contribution in [0.2, 0.25) is 0 Å². The molecular formula is C17H21N3O5S. The molecule has 8 nitrogen and oxygen atoms in total. The summed E-state index contributed by atoms with van der Waals surface area (Å²) in [4.78, 5) is 44.9. The number of aromatic carboxylic acids is 1. The van der Waals surface area contributed by atoms with E-state index in [-0.39, 0.29) is 23.8 Å². The van der Waals surface area contributed by atoms with Crippen molar-refractivity contribution in [2.75, 3.05) is 19.7 Å². The molecule has 0 radical (unpaired) electrons. The summed E-state index contributed by atoms with van der Waals surface area (Å²) >= 11 is 1.23. The number of likely N-dealkylation sites (tertiary alicyclic amines) is 1. The van der Waals surface area contributed by atoms with E-state index in [0.29, 0.717) is 23.7 Å². The van der Waals surface area contributed by atoms with Crippen molar-refractivity contribution in [3.05, 3.63) is 21.7 Å². The third-order valence-corrected chi connectivity index (χ3v) is 6.61. The molecule has 2 saturated heterocycles. The third-order valence-electron chi connectivity index (χ3n) is 5.29. The lowest BCUT2D eigenvalue weighted by molar-refractivity contribution is -0.132. The Balaban J connectivity index is 1.57. The number of H-pyrrole nitrogens is 1. The molecule has 1 amide bonds. The highest BCUT2D eigenvalue weighted by Gasteiger charge is 2.45. The summed E-state index contributed by atoms with van der Waals surface area (Å²) in [5.41, 5.74) is 0.0263. The van der Waals surface area contributed by atoms with Gasteiger partial charge in [-0.1, -0.05) is 11.8 Å². The molecule has 1 aromatic rings. The number of carboxylic acid groups (broad SMARTS) is 1. The first-order chi connectivity index (χ1) is 12.5. The second-order valence-electron chi connectivity index (χ2n) is 7.00. The molecule has 26 heavy (non-hydrogen) atoms. The summed E-state index contributed by atoms with van der Waals surface area (Å²) in [6, 6.07) is 0. The highest BCUT2D eigenvalue weighted by molar-refractivity contribution is 8.01. The standard InChI is InChI=1S/C17H21N3O5S/c21-14-11-10-5-3-6-20(8-9-4-1-2-7-25-9)16(22)12(10)26-15(11)19-13(18-14)17(23)24/h9-10,12H,1-8H2,(H,23,24)(H,18,19,21). The van der Waals surface area contributed by atoms with Crippen LogP contribution < -0.4 is 5.56 Å². The Morgan fingerprint density at radius 1 is 1.31 bits per heavy atom. The molecule has 3 aliphatic heterocycles. The SMILES string of the molecule is O=C(O)c1nc2c(c(=O)[nH]1)C1CCCN(CC3CCCCO3)C(=O)C1S2. The molecule has 9 heteroatoms. The van der Waals surface area contributed by atoms with E-state index < -0.39 is 16.8 Å². The predicted octanol–water partition coefficient (Wildman–Crippen LogP) is 1.22. The lowest BCUT2D eigenvalue weighted by Gasteiger charge is -2.30. The van der Waals surface area contributed by atoms with Gasteiger partial charge in [-0.25, -0.2) is 9.78 Å². The van der Waals surface area contributed by atoms with Crippen LogP contribution in [0.25, 0.3) is 0 Å². The van der Waals surface area contributed by atoms with E-state index in [1.165, 1.54) is 11.8 Å². The number of carboxylic acids is 1. The molecule has 0 aliphatic carbocycles. The fourth-order valence-corrected chi connectivity index (χ4v) is 5.46. The first-order valence-corrected chi connectivity index (χ1v) is 9.87. The zero-order chi connectivity index (χ0) is 18.3. The van der Waals surface area contributed by atoms with Gasteiger partial charge in [0.25, 0.3) is 5.56 Å². The van der Waals surface area contributed by atoms with E-state index in [1.807, 2.05) is 4.90 Å². The second-order valence-corrected chi connectivity index (χ2v) is 8.13. The van der Waals surface area contributed by atoms with Gasteiger partial charge in [0.05, 0.1) is 16.9 Å². The average Bonchev–Trinajstić information content (AvgIpc) is 2.93. The van der Waals surface area contributed by atoms with Gasteiger partial charge in [-0.15, -0.1) is 0 Å². The highest BCUT2D eigenvalue weighted by atomic mass is 32.2. The van der Waals surface area contributed by atoms with Crippen LogP contribution in [0.3, 0.4) is 0 Å². The summed E-state index contributed by atoms with van der Waals surface area (Å²) in [6.07, 6.45) is 4.76. The molecule has 140 valence electrons. The molecule has 0 bridgehead atoms. The van der Waals surface area contributed by atoms with Crippen LogP contribution in [0, 0.1) is 0 Å². The first-order valence-electron chi connectivity index (χ1n) is 8.99. The number of hydrogen-bond donors (Lipinski definition) is 2. The van der Waals surface area contributed by atoms with Crippen LogP contribution in [-0.2, 0) is 9.53 Å². The van der Waals surface area contributed by atoms with E-state index >= 15 is 0 Å². The molecule has 0 spiro atoms. The van der Waals surface area contributed by atoms with Crippen LogP contribution >= 0.6 is 11.8 Å². The van der Waals surface area contributed by atoms with Crippen molar-refractivity contribution < 1.29 is 19.4 Å². The number of nitrogens with one attached hydrogen (secondary N) is 1. The van der Waals surface area contributed by atoms with Crippen LogP contribution in [0.4, 0.5) is 0 Å². The summed E-state index contributed by atoms with van der Waals surface area (Å²) in [7, 11) is 0. The maximum absolute atomic E-state index is 13.1. The third kappa shape index (κ3) is 3.14. The van der Waals surface area contributed by atoms with Gasteiger partial charge in [-0.3, -0.25) is 9.59 Å². The Morgan fingerprint density at radius 2 is 2.15 bits per heavy atom. The van der Waals surface area contributed by atoms with Crippen LogP contribution in [0.1, 0.15) is 54.2 Å². The predicted molar refractivity (Wildman–Crippen MR) is 93.6 cm³/mol. The van der Waals surface area contributed by atoms with Crippen LogP contribution in [0.15, 0.2) is 9.82 Å². The summed E-state index contributed by atoms with van der Waals surface area (Å²) in [5.74, 6) is -1.86. The number of carbonyl (C=O) groups is 2. The Morgan fingerprint density at radius 3 is 2.88 bits per heavy atom. The average molecular weight is 379 g/mol. The van der Waals surface area contributed by atoms with E-state index in [9.17, 15) is 14.4 Å². The Kier molecular flexibility index (Phi) is 4.74. The van der Waals surface area contributed by atoms with Crippen LogP contribution in [-0.4, -0.2) is 62.9 Å². The van der Waals surface area contributed by atoms with Gasteiger partial charge >= 0.3 is 5.97 Å². The minimum Gasteiger partial charge on any atom is -0.475 e. The Labute approximate surface area is 154 Å². The van der Waals surface area contributed by atoms with Crippen LogP contribution in [0.5, 0.6) is 0 Å². The number of amides is 1. The summed E-state index contributed by atoms with van der Waals surface area (Å²) in [6.45, 7) is 2.00. The normalized spacial score (nSPS) is 28.4.